The van der Waals surface area contributed by atoms with E-state index in [4.69, 9.17) is 9.41 Å². The molecule has 2 aliphatic carbocycles. The predicted molar refractivity (Wildman–Crippen MR) is 144 cm³/mol. The Kier molecular flexibility index (Phi) is 6.53. The zero-order valence-electron chi connectivity index (χ0n) is 21.8. The van der Waals surface area contributed by atoms with Crippen molar-refractivity contribution in [3.05, 3.63) is 54.0 Å². The van der Waals surface area contributed by atoms with Crippen LogP contribution in [0.5, 0.6) is 0 Å². The minimum Gasteiger partial charge on any atom is -0.414 e. The van der Waals surface area contributed by atoms with Crippen LogP contribution in [0.3, 0.4) is 0 Å². The molecule has 0 spiro atoms. The van der Waals surface area contributed by atoms with Crippen LogP contribution in [-0.4, -0.2) is 40.7 Å². The number of benzene rings is 1. The molecule has 0 amide bonds. The Morgan fingerprint density at radius 2 is 1.94 bits per heavy atom. The molecule has 1 saturated carbocycles. The quantitative estimate of drug-likeness (QED) is 0.381. The molecule has 0 radical (unpaired) electrons. The normalized spacial score (nSPS) is 24.7. The molecule has 2 aromatic heterocycles. The fourth-order valence-electron chi connectivity index (χ4n) is 5.71. The molecule has 5 rings (SSSR count). The number of aliphatic hydroxyl groups excluding tert-OH is 1. The lowest BCUT2D eigenvalue weighted by molar-refractivity contribution is 0.120. The molecule has 2 N–H and O–H groups in total. The first-order valence-electron chi connectivity index (χ1n) is 13.1. The van der Waals surface area contributed by atoms with Crippen molar-refractivity contribution in [3.63, 3.8) is 0 Å². The number of nitrogens with zero attached hydrogens (tertiary/aromatic N) is 3. The molecule has 0 saturated heterocycles. The second-order valence-electron chi connectivity index (χ2n) is 11.9. The van der Waals surface area contributed by atoms with Crippen molar-refractivity contribution in [2.75, 3.05) is 11.9 Å². The van der Waals surface area contributed by atoms with Crippen molar-refractivity contribution in [3.8, 4) is 0 Å². The Hall–Kier alpha value is -2.22. The molecule has 0 unspecified atom stereocenters. The lowest BCUT2D eigenvalue weighted by Crippen LogP contribution is -2.44. The molecule has 7 heteroatoms. The van der Waals surface area contributed by atoms with Gasteiger partial charge >= 0.3 is 0 Å². The van der Waals surface area contributed by atoms with Gasteiger partial charge in [0.05, 0.1) is 11.4 Å². The molecule has 1 aromatic carbocycles. The van der Waals surface area contributed by atoms with Crippen LogP contribution in [0.4, 0.5) is 5.82 Å². The Morgan fingerprint density at radius 3 is 2.71 bits per heavy atom. The molecule has 3 aromatic rings. The third kappa shape index (κ3) is 4.66. The lowest BCUT2D eigenvalue weighted by atomic mass is 10.0. The minimum atomic E-state index is -1.89. The molecule has 4 atom stereocenters. The van der Waals surface area contributed by atoms with Crippen LogP contribution < -0.4 is 5.32 Å². The molecular formula is C28H40N4O2Si. The number of fused-ring (bicyclic) bond motifs is 2. The topological polar surface area (TPSA) is 72.2 Å². The minimum absolute atomic E-state index is 0.168. The molecule has 35 heavy (non-hydrogen) atoms. The van der Waals surface area contributed by atoms with Crippen LogP contribution in [0.2, 0.25) is 18.1 Å². The number of anilines is 1. The summed E-state index contributed by atoms with van der Waals surface area (Å²) in [6, 6.07) is 11.5. The van der Waals surface area contributed by atoms with E-state index in [-0.39, 0.29) is 23.8 Å². The Balaban J connectivity index is 1.39. The standard InChI is InChI=1S/C28H40N4O2Si/c1-28(2,3)35(4,5)34-25-17-21(16-20(25)13-15-33)32-14-12-23-26(29-18-30-27(23)32)31-24-11-10-19-8-6-7-9-22(19)24/h6-9,12,14,18,20-21,24-25,33H,10-11,13,15-17H2,1-5H3,(H,29,30,31)/t20-,21-,24+,25-/m1/s1. The van der Waals surface area contributed by atoms with Crippen LogP contribution in [0.15, 0.2) is 42.9 Å². The Morgan fingerprint density at radius 1 is 1.14 bits per heavy atom. The fourth-order valence-corrected chi connectivity index (χ4v) is 7.11. The van der Waals surface area contributed by atoms with Gasteiger partial charge in [-0.15, -0.1) is 0 Å². The molecule has 0 bridgehead atoms. The molecule has 2 aliphatic rings. The molecule has 2 heterocycles. The van der Waals surface area contributed by atoms with E-state index in [1.807, 2.05) is 0 Å². The molecule has 6 nitrogen and oxygen atoms in total. The maximum absolute atomic E-state index is 9.75. The molecule has 0 aliphatic heterocycles. The molecule has 188 valence electrons. The van der Waals surface area contributed by atoms with E-state index in [9.17, 15) is 5.11 Å². The zero-order valence-corrected chi connectivity index (χ0v) is 22.8. The van der Waals surface area contributed by atoms with Crippen LogP contribution in [0, 0.1) is 5.92 Å². The van der Waals surface area contributed by atoms with E-state index in [1.165, 1.54) is 11.1 Å². The number of rotatable bonds is 7. The smallest absolute Gasteiger partial charge is 0.192 e. The van der Waals surface area contributed by atoms with Crippen molar-refractivity contribution < 1.29 is 9.53 Å². The average molecular weight is 493 g/mol. The summed E-state index contributed by atoms with van der Waals surface area (Å²) in [7, 11) is -1.89. The summed E-state index contributed by atoms with van der Waals surface area (Å²) in [5.41, 5.74) is 3.79. The van der Waals surface area contributed by atoms with Crippen molar-refractivity contribution >= 4 is 25.2 Å². The largest absolute Gasteiger partial charge is 0.414 e. The number of aliphatic hydroxyl groups is 1. The van der Waals surface area contributed by atoms with Crippen LogP contribution in [0.25, 0.3) is 11.0 Å². The van der Waals surface area contributed by atoms with Crippen LogP contribution in [-0.2, 0) is 10.8 Å². The summed E-state index contributed by atoms with van der Waals surface area (Å²) >= 11 is 0. The average Bonchev–Trinajstić information content (AvgIpc) is 3.51. The summed E-state index contributed by atoms with van der Waals surface area (Å²) in [6.07, 6.45) is 8.98. The Bertz CT molecular complexity index is 1190. The SMILES string of the molecule is CC(C)(C)[Si](C)(C)O[C@@H]1C[C@H](n2ccc3c(N[C@H]4CCc5ccccc54)ncnc32)C[C@H]1CCO. The van der Waals surface area contributed by atoms with Crippen molar-refractivity contribution in [2.45, 2.75) is 89.2 Å². The number of aromatic nitrogens is 3. The first kappa shape index (κ1) is 24.5. The highest BCUT2D eigenvalue weighted by atomic mass is 28.4. The third-order valence-electron chi connectivity index (χ3n) is 8.70. The van der Waals surface area contributed by atoms with Gasteiger partial charge in [-0.25, -0.2) is 9.97 Å². The van der Waals surface area contributed by atoms with Crippen LogP contribution in [0.1, 0.15) is 69.7 Å². The van der Waals surface area contributed by atoms with E-state index >= 15 is 0 Å². The van der Waals surface area contributed by atoms with E-state index in [1.54, 1.807) is 6.33 Å². The van der Waals surface area contributed by atoms with Crippen molar-refractivity contribution in [2.24, 2.45) is 5.92 Å². The van der Waals surface area contributed by atoms with Gasteiger partial charge in [0.25, 0.3) is 0 Å². The highest BCUT2D eigenvalue weighted by Crippen LogP contribution is 2.45. The number of aryl methyl sites for hydroxylation is 1. The second kappa shape index (κ2) is 9.34. The van der Waals surface area contributed by atoms with Gasteiger partial charge in [-0.05, 0) is 73.3 Å². The van der Waals surface area contributed by atoms with Gasteiger partial charge in [0.1, 0.15) is 17.8 Å². The maximum atomic E-state index is 9.75. The third-order valence-corrected chi connectivity index (χ3v) is 13.2. The van der Waals surface area contributed by atoms with E-state index in [0.29, 0.717) is 12.0 Å². The Labute approximate surface area is 210 Å². The number of nitrogens with one attached hydrogen (secondary N) is 1. The van der Waals surface area contributed by atoms with E-state index in [2.05, 4.69) is 85.3 Å². The van der Waals surface area contributed by atoms with Gasteiger partial charge in [0.15, 0.2) is 8.32 Å². The van der Waals surface area contributed by atoms with Gasteiger partial charge in [-0.1, -0.05) is 45.0 Å². The predicted octanol–water partition coefficient (Wildman–Crippen LogP) is 6.25. The highest BCUT2D eigenvalue weighted by Gasteiger charge is 2.44. The maximum Gasteiger partial charge on any atom is 0.192 e. The van der Waals surface area contributed by atoms with Gasteiger partial charge in [0.2, 0.25) is 0 Å². The lowest BCUT2D eigenvalue weighted by Gasteiger charge is -2.39. The number of hydrogen-bond acceptors (Lipinski definition) is 5. The summed E-state index contributed by atoms with van der Waals surface area (Å²) in [4.78, 5) is 9.34. The van der Waals surface area contributed by atoms with E-state index < -0.39 is 8.32 Å². The molecule has 1 fully saturated rings. The van der Waals surface area contributed by atoms with Gasteiger partial charge in [-0.2, -0.15) is 0 Å². The summed E-state index contributed by atoms with van der Waals surface area (Å²) < 4.78 is 9.21. The molecular weight excluding hydrogens is 452 g/mol. The second-order valence-corrected chi connectivity index (χ2v) is 16.7. The summed E-state index contributed by atoms with van der Waals surface area (Å²) in [5, 5.41) is 14.7. The first-order chi connectivity index (χ1) is 16.7. The highest BCUT2D eigenvalue weighted by molar-refractivity contribution is 6.74. The van der Waals surface area contributed by atoms with Crippen LogP contribution >= 0.6 is 0 Å². The van der Waals surface area contributed by atoms with Gasteiger partial charge in [-0.3, -0.25) is 0 Å². The van der Waals surface area contributed by atoms with Crippen molar-refractivity contribution in [1.82, 2.24) is 14.5 Å². The zero-order chi connectivity index (χ0) is 24.8. The van der Waals surface area contributed by atoms with Crippen molar-refractivity contribution in [1.29, 1.82) is 0 Å². The monoisotopic (exact) mass is 492 g/mol. The summed E-state index contributed by atoms with van der Waals surface area (Å²) in [6.45, 7) is 11.7. The number of hydrogen-bond donors (Lipinski definition) is 2. The van der Waals surface area contributed by atoms with Gasteiger partial charge < -0.3 is 19.4 Å². The fraction of sp³-hybridized carbons (Fsp3) is 0.571. The van der Waals surface area contributed by atoms with Gasteiger partial charge in [0, 0.05) is 24.9 Å². The van der Waals surface area contributed by atoms with E-state index in [0.717, 1.165) is 49.0 Å². The summed E-state index contributed by atoms with van der Waals surface area (Å²) in [5.74, 6) is 1.28. The first-order valence-corrected chi connectivity index (χ1v) is 16.0.